The van der Waals surface area contributed by atoms with Gasteiger partial charge in [-0.25, -0.2) is 9.10 Å². The minimum Gasteiger partial charge on any atom is -0.465 e. The Morgan fingerprint density at radius 2 is 1.93 bits per heavy atom. The Balaban J connectivity index is 1.97. The van der Waals surface area contributed by atoms with Crippen LogP contribution >= 0.6 is 0 Å². The molecule has 0 bridgehead atoms. The van der Waals surface area contributed by atoms with Gasteiger partial charge in [0, 0.05) is 12.2 Å². The van der Waals surface area contributed by atoms with E-state index in [0.717, 1.165) is 22.5 Å². The number of hydrogen-bond donors (Lipinski definition) is 1. The van der Waals surface area contributed by atoms with Gasteiger partial charge in [0.1, 0.15) is 6.54 Å². The van der Waals surface area contributed by atoms with Crippen molar-refractivity contribution >= 4 is 27.8 Å². The average molecular weight is 393 g/mol. The number of esters is 1. The van der Waals surface area contributed by atoms with Crippen molar-refractivity contribution in [3.63, 3.8) is 0 Å². The first-order valence-electron chi connectivity index (χ1n) is 8.45. The summed E-state index contributed by atoms with van der Waals surface area (Å²) in [6.45, 7) is 2.78. The number of amides is 1. The molecule has 1 aliphatic heterocycles. The van der Waals surface area contributed by atoms with E-state index in [1.807, 2.05) is 37.3 Å². The van der Waals surface area contributed by atoms with Crippen LogP contribution in [0.15, 0.2) is 46.5 Å². The predicted molar refractivity (Wildman–Crippen MR) is 101 cm³/mol. The fourth-order valence-corrected chi connectivity index (χ4v) is 3.65. The maximum atomic E-state index is 12.2. The minimum absolute atomic E-state index is 0.00255. The van der Waals surface area contributed by atoms with Gasteiger partial charge in [0.15, 0.2) is 0 Å². The monoisotopic (exact) mass is 393 g/mol. The average Bonchev–Trinajstić information content (AvgIpc) is 2.62. The molecular weight excluding hydrogens is 370 g/mol. The van der Waals surface area contributed by atoms with Gasteiger partial charge in [0.25, 0.3) is 0 Å². The molecule has 0 fully saturated rings. The first-order chi connectivity index (χ1) is 12.7. The number of benzene rings is 1. The Labute approximate surface area is 159 Å². The number of carbonyl (C=O) groups is 2. The van der Waals surface area contributed by atoms with Crippen molar-refractivity contribution in [2.45, 2.75) is 32.7 Å². The number of methoxy groups -OCH3 is 1. The molecule has 0 spiro atoms. The zero-order valence-corrected chi connectivity index (χ0v) is 16.3. The van der Waals surface area contributed by atoms with Crippen LogP contribution in [0.25, 0.3) is 0 Å². The lowest BCUT2D eigenvalue weighted by Crippen LogP contribution is -2.42. The van der Waals surface area contributed by atoms with Crippen LogP contribution in [0, 0.1) is 0 Å². The summed E-state index contributed by atoms with van der Waals surface area (Å²) in [5.74, 6) is -1.19. The molecule has 8 nitrogen and oxygen atoms in total. The van der Waals surface area contributed by atoms with E-state index in [2.05, 4.69) is 14.5 Å². The SMILES string of the molecule is COC(=O)C1=CN(CC(=O)NC(C)CCc2ccccc2)S(=O)(=O)N=C1C. The molecule has 1 aliphatic rings. The van der Waals surface area contributed by atoms with Crippen LogP contribution in [0.4, 0.5) is 0 Å². The highest BCUT2D eigenvalue weighted by atomic mass is 32.2. The van der Waals surface area contributed by atoms with Gasteiger partial charge in [-0.05, 0) is 32.3 Å². The molecule has 0 radical (unpaired) electrons. The molecule has 1 N–H and O–H groups in total. The summed E-state index contributed by atoms with van der Waals surface area (Å²) < 4.78 is 33.2. The number of rotatable bonds is 7. The van der Waals surface area contributed by atoms with Gasteiger partial charge < -0.3 is 10.1 Å². The summed E-state index contributed by atoms with van der Waals surface area (Å²) in [6.07, 6.45) is 2.58. The van der Waals surface area contributed by atoms with E-state index in [9.17, 15) is 18.0 Å². The Hall–Kier alpha value is -2.68. The van der Waals surface area contributed by atoms with E-state index in [0.29, 0.717) is 6.42 Å². The highest BCUT2D eigenvalue weighted by molar-refractivity contribution is 7.88. The quantitative estimate of drug-likeness (QED) is 0.701. The molecule has 146 valence electrons. The molecule has 0 saturated carbocycles. The first kappa shape index (κ1) is 20.6. The largest absolute Gasteiger partial charge is 0.465 e. The van der Waals surface area contributed by atoms with E-state index >= 15 is 0 Å². The third kappa shape index (κ3) is 5.65. The molecule has 1 aromatic carbocycles. The zero-order valence-electron chi connectivity index (χ0n) is 15.5. The lowest BCUT2D eigenvalue weighted by Gasteiger charge is -2.23. The second-order valence-corrected chi connectivity index (χ2v) is 7.77. The molecule has 1 unspecified atom stereocenters. The third-order valence-electron chi connectivity index (χ3n) is 4.03. The van der Waals surface area contributed by atoms with Gasteiger partial charge in [-0.3, -0.25) is 4.79 Å². The Kier molecular flexibility index (Phi) is 6.73. The van der Waals surface area contributed by atoms with Gasteiger partial charge in [-0.2, -0.15) is 8.42 Å². The first-order valence-corrected chi connectivity index (χ1v) is 9.84. The van der Waals surface area contributed by atoms with E-state index in [1.165, 1.54) is 14.0 Å². The van der Waals surface area contributed by atoms with Crippen molar-refractivity contribution in [3.8, 4) is 0 Å². The second-order valence-electron chi connectivity index (χ2n) is 6.23. The second kappa shape index (κ2) is 8.81. The number of carbonyl (C=O) groups excluding carboxylic acids is 2. The molecule has 0 saturated heterocycles. The molecular formula is C18H23N3O5S. The van der Waals surface area contributed by atoms with Crippen LogP contribution in [-0.2, 0) is 31.0 Å². The van der Waals surface area contributed by atoms with E-state index in [1.54, 1.807) is 0 Å². The maximum Gasteiger partial charge on any atom is 0.344 e. The van der Waals surface area contributed by atoms with Gasteiger partial charge in [-0.15, -0.1) is 4.40 Å². The Bertz CT molecular complexity index is 862. The van der Waals surface area contributed by atoms with Crippen molar-refractivity contribution in [3.05, 3.63) is 47.7 Å². The summed E-state index contributed by atoms with van der Waals surface area (Å²) in [5.41, 5.74) is 1.18. The molecule has 1 heterocycles. The number of hydrogen-bond acceptors (Lipinski definition) is 5. The summed E-state index contributed by atoms with van der Waals surface area (Å²) in [7, 11) is -2.87. The minimum atomic E-state index is -4.06. The number of ether oxygens (including phenoxy) is 1. The van der Waals surface area contributed by atoms with E-state index in [4.69, 9.17) is 0 Å². The number of nitrogens with one attached hydrogen (secondary N) is 1. The highest BCUT2D eigenvalue weighted by Crippen LogP contribution is 2.17. The summed E-state index contributed by atoms with van der Waals surface area (Å²) >= 11 is 0. The van der Waals surface area contributed by atoms with Crippen LogP contribution < -0.4 is 5.32 Å². The molecule has 9 heteroatoms. The molecule has 27 heavy (non-hydrogen) atoms. The number of nitrogens with zero attached hydrogens (tertiary/aromatic N) is 2. The van der Waals surface area contributed by atoms with Crippen molar-refractivity contribution in [2.24, 2.45) is 4.40 Å². The molecule has 0 aromatic heterocycles. The van der Waals surface area contributed by atoms with Crippen molar-refractivity contribution < 1.29 is 22.7 Å². The van der Waals surface area contributed by atoms with Crippen LogP contribution in [0.5, 0.6) is 0 Å². The fourth-order valence-electron chi connectivity index (χ4n) is 2.58. The topological polar surface area (TPSA) is 105 Å². The Morgan fingerprint density at radius 3 is 2.56 bits per heavy atom. The van der Waals surface area contributed by atoms with E-state index in [-0.39, 0.29) is 17.3 Å². The molecule has 1 atom stereocenters. The van der Waals surface area contributed by atoms with Crippen LogP contribution in [-0.4, -0.2) is 50.0 Å². The fraction of sp³-hybridized carbons (Fsp3) is 0.389. The summed E-state index contributed by atoms with van der Waals surface area (Å²) in [5, 5.41) is 2.77. The summed E-state index contributed by atoms with van der Waals surface area (Å²) in [4.78, 5) is 24.0. The van der Waals surface area contributed by atoms with Gasteiger partial charge >= 0.3 is 16.2 Å². The van der Waals surface area contributed by atoms with E-state index < -0.39 is 28.6 Å². The molecule has 0 aliphatic carbocycles. The maximum absolute atomic E-state index is 12.2. The van der Waals surface area contributed by atoms with Crippen molar-refractivity contribution in [1.82, 2.24) is 9.62 Å². The zero-order chi connectivity index (χ0) is 20.0. The predicted octanol–water partition coefficient (Wildman–Crippen LogP) is 1.20. The van der Waals surface area contributed by atoms with Gasteiger partial charge in [-0.1, -0.05) is 30.3 Å². The van der Waals surface area contributed by atoms with Crippen molar-refractivity contribution in [2.75, 3.05) is 13.7 Å². The highest BCUT2D eigenvalue weighted by Gasteiger charge is 2.30. The van der Waals surface area contributed by atoms with Gasteiger partial charge in [0.05, 0.1) is 18.4 Å². The van der Waals surface area contributed by atoms with Gasteiger partial charge in [0.2, 0.25) is 5.91 Å². The van der Waals surface area contributed by atoms with Crippen LogP contribution in [0.3, 0.4) is 0 Å². The lowest BCUT2D eigenvalue weighted by molar-refractivity contribution is -0.135. The Morgan fingerprint density at radius 1 is 1.26 bits per heavy atom. The van der Waals surface area contributed by atoms with Crippen molar-refractivity contribution in [1.29, 1.82) is 0 Å². The van der Waals surface area contributed by atoms with Crippen LogP contribution in [0.2, 0.25) is 0 Å². The standard InChI is InChI=1S/C18H23N3O5S/c1-13(9-10-15-7-5-4-6-8-15)19-17(22)12-21-11-16(18(23)26-3)14(2)20-27(21,24)25/h4-8,11,13H,9-10,12H2,1-3H3,(H,19,22). The molecule has 1 amide bonds. The molecule has 2 rings (SSSR count). The third-order valence-corrected chi connectivity index (χ3v) is 5.36. The van der Waals surface area contributed by atoms with Crippen LogP contribution in [0.1, 0.15) is 25.8 Å². The lowest BCUT2D eigenvalue weighted by atomic mass is 10.1. The summed E-state index contributed by atoms with van der Waals surface area (Å²) in [6, 6.07) is 9.72. The normalized spacial score (nSPS) is 16.8. The number of aryl methyl sites for hydroxylation is 1. The smallest absolute Gasteiger partial charge is 0.344 e. The molecule has 1 aromatic rings.